The molecule has 0 N–H and O–H groups in total. The Balaban J connectivity index is 1.32. The number of likely N-dealkylation sites (tertiary alicyclic amines) is 1. The van der Waals surface area contributed by atoms with Crippen molar-refractivity contribution >= 4 is 0 Å². The van der Waals surface area contributed by atoms with Crippen LogP contribution in [-0.4, -0.2) is 18.0 Å². The normalized spacial score (nSPS) is 31.0. The third-order valence-corrected chi connectivity index (χ3v) is 7.25. The molecule has 0 amide bonds. The average molecular weight is 312 g/mol. The minimum atomic E-state index is 0.724. The first-order valence-corrected chi connectivity index (χ1v) is 10.0. The van der Waals surface area contributed by atoms with E-state index >= 15 is 0 Å². The number of aryl methyl sites for hydroxylation is 1. The van der Waals surface area contributed by atoms with Crippen LogP contribution < -0.4 is 0 Å². The van der Waals surface area contributed by atoms with Gasteiger partial charge in [-0.05, 0) is 74.9 Å². The molecular formula is C22H33N. The van der Waals surface area contributed by atoms with Crippen LogP contribution in [0.4, 0.5) is 0 Å². The van der Waals surface area contributed by atoms with E-state index in [-0.39, 0.29) is 0 Å². The van der Waals surface area contributed by atoms with Gasteiger partial charge < -0.3 is 0 Å². The van der Waals surface area contributed by atoms with Crippen molar-refractivity contribution in [1.82, 2.24) is 4.90 Å². The quantitative estimate of drug-likeness (QED) is 0.690. The predicted octanol–water partition coefficient (Wildman–Crippen LogP) is 5.57. The highest BCUT2D eigenvalue weighted by molar-refractivity contribution is 5.21. The van der Waals surface area contributed by atoms with Gasteiger partial charge in [0.05, 0.1) is 0 Å². The summed E-state index contributed by atoms with van der Waals surface area (Å²) in [6, 6.07) is 9.14. The summed E-state index contributed by atoms with van der Waals surface area (Å²) >= 11 is 0. The van der Waals surface area contributed by atoms with Crippen LogP contribution in [0.1, 0.15) is 68.9 Å². The molecule has 2 atom stereocenters. The Labute approximate surface area is 142 Å². The maximum absolute atomic E-state index is 2.70. The lowest BCUT2D eigenvalue weighted by molar-refractivity contribution is 0.00451. The molecule has 1 heteroatoms. The maximum Gasteiger partial charge on any atom is 0.0233 e. The third kappa shape index (κ3) is 3.50. The molecule has 1 heterocycles. The van der Waals surface area contributed by atoms with Crippen molar-refractivity contribution in [3.8, 4) is 0 Å². The number of nitrogens with zero attached hydrogens (tertiary/aromatic N) is 1. The second-order valence-corrected chi connectivity index (χ2v) is 8.81. The molecule has 1 aromatic carbocycles. The average Bonchev–Trinajstić information content (AvgIpc) is 2.59. The van der Waals surface area contributed by atoms with E-state index in [4.69, 9.17) is 0 Å². The number of hydrogen-bond acceptors (Lipinski definition) is 1. The molecule has 0 aromatic heterocycles. The van der Waals surface area contributed by atoms with E-state index < -0.39 is 0 Å². The first-order chi connectivity index (χ1) is 11.2. The standard InChI is InChI=1S/C22H33N/c1-18-6-8-19(9-7-18)17-23-14-12-22(13-15-23)11-10-20-4-2-3-5-21(20)16-22/h6-9,20-21H,2-5,10-17H2,1H3/t20-,21+/m1/s1. The fraction of sp³-hybridized carbons (Fsp3) is 0.727. The second-order valence-electron chi connectivity index (χ2n) is 8.81. The van der Waals surface area contributed by atoms with E-state index in [0.717, 1.165) is 23.8 Å². The molecule has 0 radical (unpaired) electrons. The first-order valence-electron chi connectivity index (χ1n) is 10.0. The topological polar surface area (TPSA) is 3.24 Å². The van der Waals surface area contributed by atoms with Crippen molar-refractivity contribution < 1.29 is 0 Å². The number of rotatable bonds is 2. The molecule has 1 spiro atoms. The molecule has 4 rings (SSSR count). The Kier molecular flexibility index (Phi) is 4.50. The fourth-order valence-electron chi connectivity index (χ4n) is 5.67. The van der Waals surface area contributed by atoms with E-state index in [9.17, 15) is 0 Å². The largest absolute Gasteiger partial charge is 0.299 e. The van der Waals surface area contributed by atoms with E-state index in [1.165, 1.54) is 56.3 Å². The van der Waals surface area contributed by atoms with Gasteiger partial charge in [-0.3, -0.25) is 4.90 Å². The highest BCUT2D eigenvalue weighted by Gasteiger charge is 2.42. The SMILES string of the molecule is Cc1ccc(CN2CCC3(CC[C@H]4CCCC[C@H]4C3)CC2)cc1. The van der Waals surface area contributed by atoms with Gasteiger partial charge in [0.2, 0.25) is 0 Å². The smallest absolute Gasteiger partial charge is 0.0233 e. The van der Waals surface area contributed by atoms with Crippen LogP contribution in [0.3, 0.4) is 0 Å². The van der Waals surface area contributed by atoms with Gasteiger partial charge in [0.25, 0.3) is 0 Å². The predicted molar refractivity (Wildman–Crippen MR) is 97.4 cm³/mol. The van der Waals surface area contributed by atoms with Crippen LogP contribution in [-0.2, 0) is 6.54 Å². The lowest BCUT2D eigenvalue weighted by atomic mass is 9.58. The second kappa shape index (κ2) is 6.59. The highest BCUT2D eigenvalue weighted by Crippen LogP contribution is 2.52. The van der Waals surface area contributed by atoms with Crippen molar-refractivity contribution in [3.63, 3.8) is 0 Å². The van der Waals surface area contributed by atoms with E-state index in [2.05, 4.69) is 36.1 Å². The number of hydrogen-bond donors (Lipinski definition) is 0. The summed E-state index contributed by atoms with van der Waals surface area (Å²) in [5.41, 5.74) is 3.58. The van der Waals surface area contributed by atoms with Crippen LogP contribution in [0.15, 0.2) is 24.3 Å². The van der Waals surface area contributed by atoms with Gasteiger partial charge in [0.1, 0.15) is 0 Å². The summed E-state index contributed by atoms with van der Waals surface area (Å²) in [4.78, 5) is 2.70. The number of fused-ring (bicyclic) bond motifs is 1. The Hall–Kier alpha value is -0.820. The molecule has 23 heavy (non-hydrogen) atoms. The molecule has 1 aromatic rings. The molecule has 3 fully saturated rings. The monoisotopic (exact) mass is 311 g/mol. The van der Waals surface area contributed by atoms with E-state index in [0.29, 0.717) is 0 Å². The van der Waals surface area contributed by atoms with Crippen molar-refractivity contribution in [3.05, 3.63) is 35.4 Å². The Morgan fingerprint density at radius 1 is 0.913 bits per heavy atom. The van der Waals surface area contributed by atoms with Crippen LogP contribution in [0.5, 0.6) is 0 Å². The molecule has 0 bridgehead atoms. The van der Waals surface area contributed by atoms with Gasteiger partial charge >= 0.3 is 0 Å². The number of piperidine rings is 1. The minimum Gasteiger partial charge on any atom is -0.299 e. The summed E-state index contributed by atoms with van der Waals surface area (Å²) < 4.78 is 0. The van der Waals surface area contributed by atoms with Crippen LogP contribution in [0, 0.1) is 24.2 Å². The molecule has 2 aliphatic carbocycles. The molecule has 2 saturated carbocycles. The van der Waals surface area contributed by atoms with E-state index in [1.807, 2.05) is 0 Å². The van der Waals surface area contributed by atoms with Gasteiger partial charge in [-0.2, -0.15) is 0 Å². The zero-order chi connectivity index (χ0) is 15.7. The zero-order valence-electron chi connectivity index (χ0n) is 14.9. The van der Waals surface area contributed by atoms with Crippen molar-refractivity contribution in [1.29, 1.82) is 0 Å². The first kappa shape index (κ1) is 15.7. The molecule has 1 saturated heterocycles. The summed E-state index contributed by atoms with van der Waals surface area (Å²) in [5.74, 6) is 2.18. The highest BCUT2D eigenvalue weighted by atomic mass is 15.1. The Morgan fingerprint density at radius 2 is 1.61 bits per heavy atom. The third-order valence-electron chi connectivity index (χ3n) is 7.25. The van der Waals surface area contributed by atoms with Gasteiger partial charge in [-0.1, -0.05) is 55.5 Å². The van der Waals surface area contributed by atoms with Crippen molar-refractivity contribution in [2.24, 2.45) is 17.3 Å². The van der Waals surface area contributed by atoms with Crippen molar-refractivity contribution in [2.75, 3.05) is 13.1 Å². The lowest BCUT2D eigenvalue weighted by Crippen LogP contribution is -2.44. The van der Waals surface area contributed by atoms with Gasteiger partial charge in [-0.25, -0.2) is 0 Å². The Bertz CT molecular complexity index is 509. The summed E-state index contributed by atoms with van der Waals surface area (Å²) in [7, 11) is 0. The molecular weight excluding hydrogens is 278 g/mol. The van der Waals surface area contributed by atoms with Gasteiger partial charge in [0.15, 0.2) is 0 Å². The summed E-state index contributed by atoms with van der Waals surface area (Å²) in [6.07, 6.45) is 13.7. The van der Waals surface area contributed by atoms with Crippen LogP contribution >= 0.6 is 0 Å². The number of benzene rings is 1. The Morgan fingerprint density at radius 3 is 2.35 bits per heavy atom. The van der Waals surface area contributed by atoms with Gasteiger partial charge in [0, 0.05) is 6.54 Å². The van der Waals surface area contributed by atoms with E-state index in [1.54, 1.807) is 25.7 Å². The fourth-order valence-corrected chi connectivity index (χ4v) is 5.67. The summed E-state index contributed by atoms with van der Waals surface area (Å²) in [5, 5.41) is 0. The molecule has 1 aliphatic heterocycles. The van der Waals surface area contributed by atoms with Crippen LogP contribution in [0.25, 0.3) is 0 Å². The summed E-state index contributed by atoms with van der Waals surface area (Å²) in [6.45, 7) is 5.98. The molecule has 1 nitrogen and oxygen atoms in total. The minimum absolute atomic E-state index is 0.724. The van der Waals surface area contributed by atoms with Crippen LogP contribution in [0.2, 0.25) is 0 Å². The molecule has 126 valence electrons. The lowest BCUT2D eigenvalue weighted by Gasteiger charge is -2.50. The van der Waals surface area contributed by atoms with Gasteiger partial charge in [-0.15, -0.1) is 0 Å². The maximum atomic E-state index is 2.70. The zero-order valence-corrected chi connectivity index (χ0v) is 14.9. The molecule has 0 unspecified atom stereocenters. The molecule has 3 aliphatic rings. The van der Waals surface area contributed by atoms with Crippen molar-refractivity contribution in [2.45, 2.75) is 71.3 Å².